The van der Waals surface area contributed by atoms with Gasteiger partial charge in [0.05, 0.1) is 0 Å². The molecule has 1 unspecified atom stereocenters. The van der Waals surface area contributed by atoms with Gasteiger partial charge in [-0.25, -0.2) is 0 Å². The first-order valence-corrected chi connectivity index (χ1v) is 8.67. The van der Waals surface area contributed by atoms with Crippen molar-refractivity contribution in [3.63, 3.8) is 0 Å². The average molecular weight is 320 g/mol. The number of halogens is 1. The van der Waals surface area contributed by atoms with Gasteiger partial charge in [0.25, 0.3) is 0 Å². The van der Waals surface area contributed by atoms with E-state index in [2.05, 4.69) is 50.2 Å². The van der Waals surface area contributed by atoms with Crippen LogP contribution in [0.25, 0.3) is 0 Å². The summed E-state index contributed by atoms with van der Waals surface area (Å²) in [4.78, 5) is 1.24. The minimum atomic E-state index is 0.212. The highest BCUT2D eigenvalue weighted by Gasteiger charge is 2.08. The van der Waals surface area contributed by atoms with E-state index in [0.717, 1.165) is 23.6 Å². The van der Waals surface area contributed by atoms with Gasteiger partial charge in [-0.15, -0.1) is 11.8 Å². The molecule has 0 aliphatic heterocycles. The summed E-state index contributed by atoms with van der Waals surface area (Å²) in [5.41, 5.74) is 10.0. The molecule has 0 amide bonds. The number of hydrogen-bond donors (Lipinski definition) is 1. The largest absolute Gasteiger partial charge is 0.327 e. The number of rotatable bonds is 6. The third kappa shape index (κ3) is 5.06. The van der Waals surface area contributed by atoms with Crippen molar-refractivity contribution < 1.29 is 0 Å². The van der Waals surface area contributed by atoms with Gasteiger partial charge in [0.2, 0.25) is 0 Å². The number of nitrogens with two attached hydrogens (primary N) is 1. The second-order valence-corrected chi connectivity index (χ2v) is 6.86. The standard InChI is InChI=1S/C18H22ClNS/c1-3-17(20)10-15-7-8-16(19)11-18(15)21-12-14-6-4-5-13(2)9-14/h4-9,11,17H,3,10,12,20H2,1-2H3. The van der Waals surface area contributed by atoms with E-state index in [-0.39, 0.29) is 6.04 Å². The fourth-order valence-corrected chi connectivity index (χ4v) is 3.51. The molecule has 0 radical (unpaired) electrons. The van der Waals surface area contributed by atoms with Crippen LogP contribution in [0.4, 0.5) is 0 Å². The molecule has 3 heteroatoms. The highest BCUT2D eigenvalue weighted by molar-refractivity contribution is 7.98. The molecular weight excluding hydrogens is 298 g/mol. The van der Waals surface area contributed by atoms with Gasteiger partial charge in [-0.2, -0.15) is 0 Å². The van der Waals surface area contributed by atoms with Crippen molar-refractivity contribution in [2.45, 2.75) is 43.4 Å². The number of hydrogen-bond acceptors (Lipinski definition) is 2. The van der Waals surface area contributed by atoms with E-state index in [1.807, 2.05) is 17.8 Å². The van der Waals surface area contributed by atoms with Crippen LogP contribution in [0.3, 0.4) is 0 Å². The summed E-state index contributed by atoms with van der Waals surface area (Å²) in [7, 11) is 0. The molecule has 2 N–H and O–H groups in total. The molecule has 2 rings (SSSR count). The highest BCUT2D eigenvalue weighted by Crippen LogP contribution is 2.30. The minimum Gasteiger partial charge on any atom is -0.327 e. The van der Waals surface area contributed by atoms with Crippen molar-refractivity contribution >= 4 is 23.4 Å². The van der Waals surface area contributed by atoms with Crippen molar-refractivity contribution in [2.75, 3.05) is 0 Å². The first-order chi connectivity index (χ1) is 10.1. The topological polar surface area (TPSA) is 26.0 Å². The summed E-state index contributed by atoms with van der Waals surface area (Å²) in [5.74, 6) is 0.955. The van der Waals surface area contributed by atoms with Gasteiger partial charge in [0.1, 0.15) is 0 Å². The van der Waals surface area contributed by atoms with Gasteiger partial charge in [0.15, 0.2) is 0 Å². The lowest BCUT2D eigenvalue weighted by molar-refractivity contribution is 0.641. The molecule has 0 saturated heterocycles. The molecule has 0 spiro atoms. The van der Waals surface area contributed by atoms with Crippen LogP contribution >= 0.6 is 23.4 Å². The van der Waals surface area contributed by atoms with E-state index in [0.29, 0.717) is 0 Å². The van der Waals surface area contributed by atoms with Crippen LogP contribution in [-0.2, 0) is 12.2 Å². The highest BCUT2D eigenvalue weighted by atomic mass is 35.5. The number of thioether (sulfide) groups is 1. The summed E-state index contributed by atoms with van der Waals surface area (Å²) < 4.78 is 0. The molecule has 1 nitrogen and oxygen atoms in total. The predicted molar refractivity (Wildman–Crippen MR) is 94.2 cm³/mol. The summed E-state index contributed by atoms with van der Waals surface area (Å²) in [6, 6.07) is 15.0. The molecule has 0 heterocycles. The second kappa shape index (κ2) is 7.88. The molecule has 2 aromatic carbocycles. The Morgan fingerprint density at radius 3 is 2.71 bits per heavy atom. The first-order valence-electron chi connectivity index (χ1n) is 7.31. The Morgan fingerprint density at radius 1 is 1.19 bits per heavy atom. The SMILES string of the molecule is CCC(N)Cc1ccc(Cl)cc1SCc1cccc(C)c1. The number of aryl methyl sites for hydroxylation is 1. The Kier molecular flexibility index (Phi) is 6.16. The van der Waals surface area contributed by atoms with Gasteiger partial charge in [-0.05, 0) is 43.0 Å². The van der Waals surface area contributed by atoms with Crippen molar-refractivity contribution in [1.82, 2.24) is 0 Å². The molecule has 0 fully saturated rings. The fourth-order valence-electron chi connectivity index (χ4n) is 2.22. The van der Waals surface area contributed by atoms with E-state index >= 15 is 0 Å². The van der Waals surface area contributed by atoms with Crippen LogP contribution in [0.2, 0.25) is 5.02 Å². The maximum absolute atomic E-state index is 6.15. The van der Waals surface area contributed by atoms with Crippen molar-refractivity contribution in [1.29, 1.82) is 0 Å². The molecule has 112 valence electrons. The van der Waals surface area contributed by atoms with Crippen molar-refractivity contribution in [3.8, 4) is 0 Å². The molecule has 0 aromatic heterocycles. The molecule has 0 saturated carbocycles. The Morgan fingerprint density at radius 2 is 2.00 bits per heavy atom. The normalized spacial score (nSPS) is 12.4. The first kappa shape index (κ1) is 16.4. The minimum absolute atomic E-state index is 0.212. The zero-order valence-corrected chi connectivity index (χ0v) is 14.2. The summed E-state index contributed by atoms with van der Waals surface area (Å²) in [5, 5.41) is 0.788. The van der Waals surface area contributed by atoms with Crippen LogP contribution in [0.5, 0.6) is 0 Å². The van der Waals surface area contributed by atoms with Crippen LogP contribution in [-0.4, -0.2) is 6.04 Å². The molecule has 2 aromatic rings. The van der Waals surface area contributed by atoms with E-state index in [1.54, 1.807) is 0 Å². The Bertz CT molecular complexity index is 598. The van der Waals surface area contributed by atoms with E-state index in [4.69, 9.17) is 17.3 Å². The molecule has 1 atom stereocenters. The van der Waals surface area contributed by atoms with Crippen LogP contribution in [0.1, 0.15) is 30.0 Å². The second-order valence-electron chi connectivity index (χ2n) is 5.40. The zero-order valence-electron chi connectivity index (χ0n) is 12.6. The summed E-state index contributed by atoms with van der Waals surface area (Å²) in [6.45, 7) is 4.25. The smallest absolute Gasteiger partial charge is 0.0417 e. The van der Waals surface area contributed by atoms with Gasteiger partial charge < -0.3 is 5.73 Å². The zero-order chi connectivity index (χ0) is 15.2. The van der Waals surface area contributed by atoms with E-state index in [1.165, 1.54) is 21.6 Å². The van der Waals surface area contributed by atoms with Gasteiger partial charge in [-0.1, -0.05) is 54.4 Å². The lowest BCUT2D eigenvalue weighted by Gasteiger charge is -2.14. The van der Waals surface area contributed by atoms with E-state index in [9.17, 15) is 0 Å². The van der Waals surface area contributed by atoms with Crippen LogP contribution < -0.4 is 5.73 Å². The Hall–Kier alpha value is -0.960. The summed E-state index contributed by atoms with van der Waals surface area (Å²) in [6.07, 6.45) is 1.90. The lowest BCUT2D eigenvalue weighted by Crippen LogP contribution is -2.21. The summed E-state index contributed by atoms with van der Waals surface area (Å²) >= 11 is 7.99. The monoisotopic (exact) mass is 319 g/mol. The quantitative estimate of drug-likeness (QED) is 0.739. The lowest BCUT2D eigenvalue weighted by atomic mass is 10.1. The third-order valence-electron chi connectivity index (χ3n) is 3.51. The molecule has 21 heavy (non-hydrogen) atoms. The van der Waals surface area contributed by atoms with Gasteiger partial charge in [-0.3, -0.25) is 0 Å². The fraction of sp³-hybridized carbons (Fsp3) is 0.333. The van der Waals surface area contributed by atoms with Crippen molar-refractivity contribution in [3.05, 3.63) is 64.2 Å². The Labute approximate surface area is 136 Å². The molecule has 0 aliphatic carbocycles. The van der Waals surface area contributed by atoms with Crippen LogP contribution in [0.15, 0.2) is 47.4 Å². The maximum atomic E-state index is 6.15. The molecule has 0 bridgehead atoms. The predicted octanol–water partition coefficient (Wildman–Crippen LogP) is 5.22. The van der Waals surface area contributed by atoms with E-state index < -0.39 is 0 Å². The molecular formula is C18H22ClNS. The number of benzene rings is 2. The van der Waals surface area contributed by atoms with Gasteiger partial charge >= 0.3 is 0 Å². The molecule has 0 aliphatic rings. The third-order valence-corrected chi connectivity index (χ3v) is 4.92. The average Bonchev–Trinajstić information content (AvgIpc) is 2.47. The van der Waals surface area contributed by atoms with Gasteiger partial charge in [0, 0.05) is 21.7 Å². The van der Waals surface area contributed by atoms with Crippen LogP contribution in [0, 0.1) is 6.92 Å². The Balaban J connectivity index is 2.12. The maximum Gasteiger partial charge on any atom is 0.0417 e. The van der Waals surface area contributed by atoms with Crippen molar-refractivity contribution in [2.24, 2.45) is 5.73 Å².